The number of nitrogens with zero attached hydrogens (tertiary/aromatic N) is 1. The fourth-order valence-corrected chi connectivity index (χ4v) is 3.26. The summed E-state index contributed by atoms with van der Waals surface area (Å²) < 4.78 is 0.763. The molecule has 4 nitrogen and oxygen atoms in total. The van der Waals surface area contributed by atoms with Crippen LogP contribution >= 0.6 is 15.9 Å². The summed E-state index contributed by atoms with van der Waals surface area (Å²) in [7, 11) is 0. The van der Waals surface area contributed by atoms with Gasteiger partial charge in [0.25, 0.3) is 5.69 Å². The van der Waals surface area contributed by atoms with Crippen molar-refractivity contribution >= 4 is 27.3 Å². The number of benzene rings is 1. The van der Waals surface area contributed by atoms with E-state index in [1.165, 1.54) is 25.7 Å². The summed E-state index contributed by atoms with van der Waals surface area (Å²) >= 11 is 3.42. The average Bonchev–Trinajstić information content (AvgIpc) is 2.41. The highest BCUT2D eigenvalue weighted by molar-refractivity contribution is 9.10. The Morgan fingerprint density at radius 1 is 1.35 bits per heavy atom. The van der Waals surface area contributed by atoms with Crippen LogP contribution in [0.5, 0.6) is 0 Å². The first-order chi connectivity index (χ1) is 9.47. The number of aryl methyl sites for hydroxylation is 1. The molecule has 0 amide bonds. The zero-order valence-corrected chi connectivity index (χ0v) is 13.6. The van der Waals surface area contributed by atoms with Gasteiger partial charge in [-0.25, -0.2) is 0 Å². The van der Waals surface area contributed by atoms with Crippen LogP contribution in [0.15, 0.2) is 16.6 Å². The molecule has 5 heteroatoms. The van der Waals surface area contributed by atoms with Crippen molar-refractivity contribution in [3.63, 3.8) is 0 Å². The minimum absolute atomic E-state index is 0.161. The number of nitrogens with one attached hydrogen (secondary N) is 1. The van der Waals surface area contributed by atoms with Crippen LogP contribution in [-0.4, -0.2) is 11.5 Å². The van der Waals surface area contributed by atoms with E-state index >= 15 is 0 Å². The number of nitro benzene ring substituents is 1. The summed E-state index contributed by atoms with van der Waals surface area (Å²) in [5.74, 6) is 1.58. The Labute approximate surface area is 128 Å². The molecule has 0 heterocycles. The molecule has 1 saturated carbocycles. The number of halogens is 1. The first-order valence-electron chi connectivity index (χ1n) is 7.15. The zero-order valence-electron chi connectivity index (χ0n) is 12.0. The maximum absolute atomic E-state index is 10.9. The largest absolute Gasteiger partial charge is 0.384 e. The van der Waals surface area contributed by atoms with Gasteiger partial charge in [-0.1, -0.05) is 19.8 Å². The van der Waals surface area contributed by atoms with Gasteiger partial charge in [-0.3, -0.25) is 10.1 Å². The van der Waals surface area contributed by atoms with Crippen molar-refractivity contribution in [3.8, 4) is 0 Å². The van der Waals surface area contributed by atoms with Gasteiger partial charge < -0.3 is 5.32 Å². The van der Waals surface area contributed by atoms with Gasteiger partial charge in [-0.15, -0.1) is 0 Å². The van der Waals surface area contributed by atoms with Gasteiger partial charge in [0.2, 0.25) is 0 Å². The van der Waals surface area contributed by atoms with Crippen LogP contribution in [0, 0.1) is 28.9 Å². The Hall–Kier alpha value is -1.10. The molecule has 1 aromatic rings. The molecule has 1 N–H and O–H groups in total. The Kier molecular flexibility index (Phi) is 5.02. The molecule has 0 aromatic heterocycles. The number of hydrogen-bond acceptors (Lipinski definition) is 3. The second-order valence-electron chi connectivity index (χ2n) is 5.88. The topological polar surface area (TPSA) is 55.2 Å². The second kappa shape index (κ2) is 6.57. The second-order valence-corrected chi connectivity index (χ2v) is 6.74. The number of hydrogen-bond donors (Lipinski definition) is 1. The van der Waals surface area contributed by atoms with Crippen molar-refractivity contribution < 1.29 is 4.92 Å². The van der Waals surface area contributed by atoms with Crippen LogP contribution < -0.4 is 5.32 Å². The molecule has 110 valence electrons. The Morgan fingerprint density at radius 2 is 2.00 bits per heavy atom. The highest BCUT2D eigenvalue weighted by atomic mass is 79.9. The van der Waals surface area contributed by atoms with E-state index in [1.54, 1.807) is 13.0 Å². The number of nitro groups is 1. The van der Waals surface area contributed by atoms with Crippen molar-refractivity contribution in [2.45, 2.75) is 39.5 Å². The van der Waals surface area contributed by atoms with Gasteiger partial charge in [0.15, 0.2) is 0 Å². The Morgan fingerprint density at radius 3 is 2.60 bits per heavy atom. The van der Waals surface area contributed by atoms with Crippen molar-refractivity contribution in [2.75, 3.05) is 11.9 Å². The highest BCUT2D eigenvalue weighted by Crippen LogP contribution is 2.32. The molecule has 2 rings (SSSR count). The third kappa shape index (κ3) is 3.72. The third-order valence-corrected chi connectivity index (χ3v) is 4.86. The van der Waals surface area contributed by atoms with E-state index in [-0.39, 0.29) is 10.6 Å². The van der Waals surface area contributed by atoms with Gasteiger partial charge in [0.05, 0.1) is 4.92 Å². The minimum atomic E-state index is -0.341. The molecule has 0 unspecified atom stereocenters. The molecule has 0 aliphatic heterocycles. The molecule has 0 radical (unpaired) electrons. The highest BCUT2D eigenvalue weighted by Gasteiger charge is 2.19. The van der Waals surface area contributed by atoms with E-state index in [9.17, 15) is 10.1 Å². The SMILES string of the molecule is Cc1cc(NCC2CCC(C)CC2)c(Br)cc1[N+](=O)[O-]. The fraction of sp³-hybridized carbons (Fsp3) is 0.600. The van der Waals surface area contributed by atoms with Crippen LogP contribution in [0.25, 0.3) is 0 Å². The van der Waals surface area contributed by atoms with E-state index in [0.29, 0.717) is 11.5 Å². The summed E-state index contributed by atoms with van der Waals surface area (Å²) in [4.78, 5) is 10.5. The van der Waals surface area contributed by atoms with Crippen LogP contribution in [0.1, 0.15) is 38.2 Å². The molecule has 20 heavy (non-hydrogen) atoms. The Balaban J connectivity index is 1.99. The molecular weight excluding hydrogens is 320 g/mol. The third-order valence-electron chi connectivity index (χ3n) is 4.20. The van der Waals surface area contributed by atoms with Crippen LogP contribution in [0.2, 0.25) is 0 Å². The summed E-state index contributed by atoms with van der Waals surface area (Å²) in [6.07, 6.45) is 5.18. The summed E-state index contributed by atoms with van der Waals surface area (Å²) in [6.45, 7) is 5.04. The van der Waals surface area contributed by atoms with Crippen LogP contribution in [0.4, 0.5) is 11.4 Å². The molecular formula is C15H21BrN2O2. The molecule has 1 aliphatic carbocycles. The maximum atomic E-state index is 10.9. The van der Waals surface area contributed by atoms with E-state index in [4.69, 9.17) is 0 Å². The van der Waals surface area contributed by atoms with E-state index in [2.05, 4.69) is 28.2 Å². The van der Waals surface area contributed by atoms with Crippen molar-refractivity contribution in [1.82, 2.24) is 0 Å². The van der Waals surface area contributed by atoms with E-state index < -0.39 is 0 Å². The standard InChI is InChI=1S/C15H21BrN2O2/c1-10-3-5-12(6-4-10)9-17-14-7-11(2)15(18(19)20)8-13(14)16/h7-8,10,12,17H,3-6,9H2,1-2H3. The zero-order chi connectivity index (χ0) is 14.7. The summed E-state index contributed by atoms with van der Waals surface area (Å²) in [6, 6.07) is 3.44. The predicted octanol–water partition coefficient (Wildman–Crippen LogP) is 4.90. The predicted molar refractivity (Wildman–Crippen MR) is 85.1 cm³/mol. The van der Waals surface area contributed by atoms with Gasteiger partial charge >= 0.3 is 0 Å². The lowest BCUT2D eigenvalue weighted by Gasteiger charge is -2.26. The lowest BCUT2D eigenvalue weighted by Crippen LogP contribution is -2.20. The fourth-order valence-electron chi connectivity index (χ4n) is 2.79. The molecule has 0 spiro atoms. The molecule has 0 saturated heterocycles. The van der Waals surface area contributed by atoms with Crippen LogP contribution in [0.3, 0.4) is 0 Å². The molecule has 1 fully saturated rings. The van der Waals surface area contributed by atoms with E-state index in [1.807, 2.05) is 6.07 Å². The monoisotopic (exact) mass is 340 g/mol. The number of rotatable bonds is 4. The van der Waals surface area contributed by atoms with Gasteiger partial charge in [0, 0.05) is 28.3 Å². The van der Waals surface area contributed by atoms with Gasteiger partial charge in [0.1, 0.15) is 0 Å². The van der Waals surface area contributed by atoms with Gasteiger partial charge in [-0.05, 0) is 53.6 Å². The van der Waals surface area contributed by atoms with Crippen molar-refractivity contribution in [2.24, 2.45) is 11.8 Å². The average molecular weight is 341 g/mol. The lowest BCUT2D eigenvalue weighted by molar-refractivity contribution is -0.385. The summed E-state index contributed by atoms with van der Waals surface area (Å²) in [5.41, 5.74) is 1.80. The van der Waals surface area contributed by atoms with Crippen molar-refractivity contribution in [3.05, 3.63) is 32.3 Å². The lowest BCUT2D eigenvalue weighted by atomic mass is 9.83. The van der Waals surface area contributed by atoms with Crippen LogP contribution in [-0.2, 0) is 0 Å². The first-order valence-corrected chi connectivity index (χ1v) is 7.95. The minimum Gasteiger partial charge on any atom is -0.384 e. The van der Waals surface area contributed by atoms with Crippen molar-refractivity contribution in [1.29, 1.82) is 0 Å². The molecule has 1 aromatic carbocycles. The normalized spacial score (nSPS) is 22.6. The first kappa shape index (κ1) is 15.3. The van der Waals surface area contributed by atoms with E-state index in [0.717, 1.165) is 22.6 Å². The molecule has 0 bridgehead atoms. The maximum Gasteiger partial charge on any atom is 0.273 e. The molecule has 1 aliphatic rings. The quantitative estimate of drug-likeness (QED) is 0.626. The summed E-state index contributed by atoms with van der Waals surface area (Å²) in [5, 5.41) is 14.3. The molecule has 0 atom stereocenters. The smallest absolute Gasteiger partial charge is 0.273 e. The Bertz CT molecular complexity index is 497. The number of anilines is 1. The van der Waals surface area contributed by atoms with Gasteiger partial charge in [-0.2, -0.15) is 0 Å².